The van der Waals surface area contributed by atoms with Gasteiger partial charge in [-0.15, -0.1) is 0 Å². The molecule has 3 rings (SSSR count). The normalized spacial score (nSPS) is 12.0. The fourth-order valence-corrected chi connectivity index (χ4v) is 3.05. The molecule has 3 aromatic rings. The van der Waals surface area contributed by atoms with E-state index in [4.69, 9.17) is 37.2 Å². The maximum Gasteiger partial charge on any atom is 0.346 e. The van der Waals surface area contributed by atoms with Gasteiger partial charge in [0.05, 0.1) is 22.8 Å². The van der Waals surface area contributed by atoms with Gasteiger partial charge in [0.2, 0.25) is 5.88 Å². The zero-order chi connectivity index (χ0) is 21.3. The average Bonchev–Trinajstić information content (AvgIpc) is 3.20. The monoisotopic (exact) mass is 440 g/mol. The molecule has 2 aromatic heterocycles. The van der Waals surface area contributed by atoms with Gasteiger partial charge in [0.25, 0.3) is 5.89 Å². The smallest absolute Gasteiger partial charge is 0.346 e. The first kappa shape index (κ1) is 20.9. The van der Waals surface area contributed by atoms with Crippen molar-refractivity contribution >= 4 is 29.2 Å². The molecule has 0 N–H and O–H groups in total. The fraction of sp³-hybridized carbons (Fsp3) is 0.333. The van der Waals surface area contributed by atoms with Gasteiger partial charge < -0.3 is 18.7 Å². The molecule has 0 aliphatic heterocycles. The lowest BCUT2D eigenvalue weighted by molar-refractivity contribution is -0.147. The summed E-state index contributed by atoms with van der Waals surface area (Å²) in [6.07, 6.45) is -0.873. The Morgan fingerprint density at radius 2 is 1.90 bits per heavy atom. The van der Waals surface area contributed by atoms with Crippen LogP contribution in [0, 0.1) is 13.8 Å². The molecule has 1 aromatic carbocycles. The van der Waals surface area contributed by atoms with Gasteiger partial charge >= 0.3 is 5.97 Å². The van der Waals surface area contributed by atoms with Gasteiger partial charge in [0.1, 0.15) is 11.3 Å². The molecule has 0 aliphatic carbocycles. The zero-order valence-corrected chi connectivity index (χ0v) is 17.8. The molecule has 1 atom stereocenters. The van der Waals surface area contributed by atoms with Crippen molar-refractivity contribution in [3.8, 4) is 28.8 Å². The Morgan fingerprint density at radius 3 is 2.52 bits per heavy atom. The molecule has 0 radical (unpaired) electrons. The van der Waals surface area contributed by atoms with Crippen LogP contribution >= 0.6 is 23.2 Å². The first-order valence-corrected chi connectivity index (χ1v) is 9.22. The number of halogens is 2. The van der Waals surface area contributed by atoms with Crippen LogP contribution in [0.5, 0.6) is 17.4 Å². The Kier molecular flexibility index (Phi) is 5.99. The first-order chi connectivity index (χ1) is 13.7. The van der Waals surface area contributed by atoms with Gasteiger partial charge in [0.15, 0.2) is 17.7 Å². The summed E-state index contributed by atoms with van der Waals surface area (Å²) in [5.74, 6) is 0.981. The Bertz CT molecular complexity index is 1060. The molecule has 0 saturated heterocycles. The lowest BCUT2D eigenvalue weighted by Gasteiger charge is -2.16. The van der Waals surface area contributed by atoms with Crippen LogP contribution in [0.2, 0.25) is 10.0 Å². The number of ether oxygens (including phenoxy) is 3. The summed E-state index contributed by atoms with van der Waals surface area (Å²) in [6, 6.07) is 2.94. The molecule has 0 unspecified atom stereocenters. The molecular weight excluding hydrogens is 423 g/mol. The third kappa shape index (κ3) is 4.30. The Labute approximate surface area is 176 Å². The van der Waals surface area contributed by atoms with E-state index in [0.717, 1.165) is 0 Å². The number of aryl methyl sites for hydroxylation is 3. The van der Waals surface area contributed by atoms with E-state index in [1.807, 2.05) is 0 Å². The number of aromatic nitrogens is 4. The summed E-state index contributed by atoms with van der Waals surface area (Å²) >= 11 is 12.5. The number of esters is 1. The minimum absolute atomic E-state index is 0.207. The summed E-state index contributed by atoms with van der Waals surface area (Å²) in [4.78, 5) is 15.9. The highest BCUT2D eigenvalue weighted by Crippen LogP contribution is 2.41. The number of hydrogen-bond acceptors (Lipinski definition) is 8. The fourth-order valence-electron chi connectivity index (χ4n) is 2.59. The molecule has 9 nitrogen and oxygen atoms in total. The average molecular weight is 441 g/mol. The Morgan fingerprint density at radius 1 is 1.21 bits per heavy atom. The number of rotatable bonds is 6. The van der Waals surface area contributed by atoms with Gasteiger partial charge in [-0.3, -0.25) is 0 Å². The topological polar surface area (TPSA) is 102 Å². The van der Waals surface area contributed by atoms with Crippen LogP contribution in [0.1, 0.15) is 18.4 Å². The molecule has 0 bridgehead atoms. The van der Waals surface area contributed by atoms with Crippen LogP contribution in [-0.4, -0.2) is 39.1 Å². The standard InChI is InChI=1S/C18H18Cl2N4O5/c1-8-15(16-21-10(3)23-29-16)17(24(4)22-8)28-14-7-13(11(19)6-12(14)20)27-9(2)18(25)26-5/h6-7,9H,1-5H3/t9-/m0/s1. The summed E-state index contributed by atoms with van der Waals surface area (Å²) < 4.78 is 23.0. The molecule has 29 heavy (non-hydrogen) atoms. The quantitative estimate of drug-likeness (QED) is 0.527. The SMILES string of the molecule is COC(=O)[C@H](C)Oc1cc(Oc2c(-c3nc(C)no3)c(C)nn2C)c(Cl)cc1Cl. The molecule has 0 fully saturated rings. The predicted octanol–water partition coefficient (Wildman–Crippen LogP) is 4.13. The van der Waals surface area contributed by atoms with E-state index in [2.05, 4.69) is 20.0 Å². The number of hydrogen-bond donors (Lipinski definition) is 0. The highest BCUT2D eigenvalue weighted by Gasteiger charge is 2.24. The lowest BCUT2D eigenvalue weighted by atomic mass is 10.2. The van der Waals surface area contributed by atoms with Gasteiger partial charge in [-0.1, -0.05) is 28.4 Å². The van der Waals surface area contributed by atoms with Crippen LogP contribution in [-0.2, 0) is 16.6 Å². The number of nitrogens with zero attached hydrogens (tertiary/aromatic N) is 4. The van der Waals surface area contributed by atoms with Crippen molar-refractivity contribution in [2.75, 3.05) is 7.11 Å². The Hall–Kier alpha value is -2.78. The van der Waals surface area contributed by atoms with Crippen molar-refractivity contribution in [2.45, 2.75) is 26.9 Å². The van der Waals surface area contributed by atoms with Crippen molar-refractivity contribution in [2.24, 2.45) is 7.05 Å². The minimum Gasteiger partial charge on any atom is -0.477 e. The molecular formula is C18H18Cl2N4O5. The maximum atomic E-state index is 11.6. The van der Waals surface area contributed by atoms with Gasteiger partial charge in [-0.05, 0) is 26.8 Å². The van der Waals surface area contributed by atoms with E-state index in [0.29, 0.717) is 23.0 Å². The van der Waals surface area contributed by atoms with E-state index in [1.165, 1.54) is 30.8 Å². The zero-order valence-electron chi connectivity index (χ0n) is 16.3. The largest absolute Gasteiger partial charge is 0.477 e. The lowest BCUT2D eigenvalue weighted by Crippen LogP contribution is -2.25. The van der Waals surface area contributed by atoms with Gasteiger partial charge in [-0.2, -0.15) is 10.1 Å². The highest BCUT2D eigenvalue weighted by atomic mass is 35.5. The minimum atomic E-state index is -0.873. The molecule has 0 saturated carbocycles. The molecule has 154 valence electrons. The second-order valence-electron chi connectivity index (χ2n) is 6.13. The van der Waals surface area contributed by atoms with Crippen molar-refractivity contribution in [1.29, 1.82) is 0 Å². The highest BCUT2D eigenvalue weighted by molar-refractivity contribution is 6.36. The van der Waals surface area contributed by atoms with Crippen molar-refractivity contribution < 1.29 is 23.5 Å². The van der Waals surface area contributed by atoms with E-state index < -0.39 is 12.1 Å². The summed E-state index contributed by atoms with van der Waals surface area (Å²) in [5.41, 5.74) is 1.16. The molecule has 0 spiro atoms. The number of carbonyl (C=O) groups excluding carboxylic acids is 1. The van der Waals surface area contributed by atoms with Crippen LogP contribution in [0.25, 0.3) is 11.5 Å². The van der Waals surface area contributed by atoms with Crippen molar-refractivity contribution in [3.63, 3.8) is 0 Å². The third-order valence-corrected chi connectivity index (χ3v) is 4.53. The molecule has 0 aliphatic rings. The van der Waals surface area contributed by atoms with E-state index in [-0.39, 0.29) is 27.4 Å². The van der Waals surface area contributed by atoms with Crippen LogP contribution in [0.15, 0.2) is 16.7 Å². The maximum absolute atomic E-state index is 11.6. The second-order valence-corrected chi connectivity index (χ2v) is 6.95. The number of benzene rings is 1. The summed E-state index contributed by atoms with van der Waals surface area (Å²) in [7, 11) is 2.97. The van der Waals surface area contributed by atoms with Gasteiger partial charge in [-0.25, -0.2) is 9.48 Å². The number of carbonyl (C=O) groups is 1. The van der Waals surface area contributed by atoms with Gasteiger partial charge in [0, 0.05) is 13.1 Å². The first-order valence-electron chi connectivity index (χ1n) is 8.47. The molecule has 11 heteroatoms. The second kappa shape index (κ2) is 8.30. The predicted molar refractivity (Wildman–Crippen MR) is 105 cm³/mol. The Balaban J connectivity index is 1.99. The van der Waals surface area contributed by atoms with Crippen molar-refractivity contribution in [1.82, 2.24) is 19.9 Å². The van der Waals surface area contributed by atoms with E-state index >= 15 is 0 Å². The van der Waals surface area contributed by atoms with Crippen LogP contribution in [0.4, 0.5) is 0 Å². The van der Waals surface area contributed by atoms with Crippen molar-refractivity contribution in [3.05, 3.63) is 33.7 Å². The third-order valence-electron chi connectivity index (χ3n) is 3.94. The molecule has 0 amide bonds. The summed E-state index contributed by atoms with van der Waals surface area (Å²) in [5, 5.41) is 8.60. The number of methoxy groups -OCH3 is 1. The van der Waals surface area contributed by atoms with E-state index in [9.17, 15) is 4.79 Å². The van der Waals surface area contributed by atoms with E-state index in [1.54, 1.807) is 20.9 Å². The molecule has 2 heterocycles. The van der Waals surface area contributed by atoms with Crippen LogP contribution in [0.3, 0.4) is 0 Å². The van der Waals surface area contributed by atoms with Crippen LogP contribution < -0.4 is 9.47 Å². The summed E-state index contributed by atoms with van der Waals surface area (Å²) in [6.45, 7) is 5.04.